The van der Waals surface area contributed by atoms with E-state index in [0.29, 0.717) is 0 Å². The van der Waals surface area contributed by atoms with Gasteiger partial charge >= 0.3 is 0 Å². The van der Waals surface area contributed by atoms with Gasteiger partial charge in [0.15, 0.2) is 0 Å². The van der Waals surface area contributed by atoms with Crippen molar-refractivity contribution in [1.82, 2.24) is 0 Å². The minimum atomic E-state index is 0.929. The zero-order chi connectivity index (χ0) is 30.5. The number of benzene rings is 7. The molecule has 0 fully saturated rings. The van der Waals surface area contributed by atoms with Gasteiger partial charge in [0.05, 0.1) is 5.69 Å². The normalized spacial score (nSPS) is 12.7. The van der Waals surface area contributed by atoms with Crippen LogP contribution in [0.1, 0.15) is 17.5 Å². The smallest absolute Gasteiger partial charge is 0.136 e. The second-order valence-corrected chi connectivity index (χ2v) is 12.0. The van der Waals surface area contributed by atoms with E-state index in [-0.39, 0.29) is 0 Å². The molecule has 0 unspecified atom stereocenters. The molecular weight excluding hydrogens is 558 g/mol. The van der Waals surface area contributed by atoms with Crippen LogP contribution >= 0.6 is 0 Å². The van der Waals surface area contributed by atoms with Crippen molar-refractivity contribution in [3.8, 4) is 22.3 Å². The first kappa shape index (κ1) is 26.5. The summed E-state index contributed by atoms with van der Waals surface area (Å²) in [6.45, 7) is 0. The number of allylic oxidation sites excluding steroid dienone is 1. The van der Waals surface area contributed by atoms with E-state index in [4.69, 9.17) is 4.42 Å². The average Bonchev–Trinajstić information content (AvgIpc) is 3.52. The number of anilines is 2. The van der Waals surface area contributed by atoms with Gasteiger partial charge in [-0.15, -0.1) is 0 Å². The quantitative estimate of drug-likeness (QED) is 0.199. The van der Waals surface area contributed by atoms with Crippen molar-refractivity contribution < 1.29 is 4.42 Å². The van der Waals surface area contributed by atoms with Crippen LogP contribution in [-0.4, -0.2) is 0 Å². The molecule has 0 bridgehead atoms. The lowest BCUT2D eigenvalue weighted by Crippen LogP contribution is -2.20. The number of hydrogen-bond acceptors (Lipinski definition) is 2. The van der Waals surface area contributed by atoms with Crippen molar-refractivity contribution in [2.45, 2.75) is 12.8 Å². The number of aryl methyl sites for hydroxylation is 1. The van der Waals surface area contributed by atoms with Crippen LogP contribution in [0.15, 0.2) is 168 Å². The molecule has 218 valence electrons. The fraction of sp³-hybridized carbons (Fsp3) is 0.0455. The molecule has 0 spiro atoms. The summed E-state index contributed by atoms with van der Waals surface area (Å²) in [5, 5.41) is 4.87. The zero-order valence-corrected chi connectivity index (χ0v) is 25.4. The van der Waals surface area contributed by atoms with Gasteiger partial charge in [0, 0.05) is 27.7 Å². The van der Waals surface area contributed by atoms with Crippen molar-refractivity contribution in [3.05, 3.63) is 175 Å². The van der Waals surface area contributed by atoms with Crippen molar-refractivity contribution in [3.63, 3.8) is 0 Å². The predicted molar refractivity (Wildman–Crippen MR) is 193 cm³/mol. The highest BCUT2D eigenvalue weighted by molar-refractivity contribution is 6.10. The van der Waals surface area contributed by atoms with Crippen LogP contribution in [-0.2, 0) is 6.42 Å². The molecule has 2 heteroatoms. The lowest BCUT2D eigenvalue weighted by molar-refractivity contribution is 0.668. The van der Waals surface area contributed by atoms with Crippen LogP contribution in [0.25, 0.3) is 61.0 Å². The van der Waals surface area contributed by atoms with Crippen molar-refractivity contribution >= 4 is 50.2 Å². The third kappa shape index (κ3) is 4.42. The van der Waals surface area contributed by atoms with Crippen LogP contribution in [0.2, 0.25) is 0 Å². The molecule has 0 amide bonds. The maximum Gasteiger partial charge on any atom is 0.136 e. The van der Waals surface area contributed by atoms with E-state index < -0.39 is 0 Å². The molecule has 1 heterocycles. The van der Waals surface area contributed by atoms with Crippen LogP contribution < -0.4 is 4.90 Å². The van der Waals surface area contributed by atoms with Crippen molar-refractivity contribution in [1.29, 1.82) is 0 Å². The van der Waals surface area contributed by atoms with E-state index in [0.717, 1.165) is 29.7 Å². The van der Waals surface area contributed by atoms with Gasteiger partial charge in [0.25, 0.3) is 0 Å². The Hall–Kier alpha value is -5.86. The highest BCUT2D eigenvalue weighted by atomic mass is 16.3. The van der Waals surface area contributed by atoms with E-state index in [9.17, 15) is 0 Å². The monoisotopic (exact) mass is 589 g/mol. The van der Waals surface area contributed by atoms with Gasteiger partial charge in [-0.1, -0.05) is 127 Å². The highest BCUT2D eigenvalue weighted by Crippen LogP contribution is 2.44. The first-order valence-electron chi connectivity index (χ1n) is 16.0. The summed E-state index contributed by atoms with van der Waals surface area (Å²) < 4.78 is 6.31. The van der Waals surface area contributed by atoms with Crippen LogP contribution in [0.3, 0.4) is 0 Å². The fourth-order valence-corrected chi connectivity index (χ4v) is 7.20. The zero-order valence-electron chi connectivity index (χ0n) is 25.4. The van der Waals surface area contributed by atoms with Gasteiger partial charge < -0.3 is 9.32 Å². The molecule has 0 atom stereocenters. The number of para-hydroxylation sites is 2. The van der Waals surface area contributed by atoms with Gasteiger partial charge in [-0.3, -0.25) is 0 Å². The van der Waals surface area contributed by atoms with Crippen LogP contribution in [0.5, 0.6) is 0 Å². The summed E-state index contributed by atoms with van der Waals surface area (Å²) in [5.74, 6) is 0. The minimum Gasteiger partial charge on any atom is -0.456 e. The molecule has 0 saturated heterocycles. The standard InChI is InChI=1S/C44H31NO/c1-2-11-30(12-3-1)31-21-25-34(26-22-31)45(41-19-8-6-16-38(41)37-18-10-14-32-13-4-5-15-36(32)37)35-27-23-33-24-28-43-44(40(33)29-35)39-17-7-9-20-42(39)46-43/h1-22,24-26,28-29H,23,27H2. The fourth-order valence-electron chi connectivity index (χ4n) is 7.20. The lowest BCUT2D eigenvalue weighted by atomic mass is 9.90. The molecular formula is C44H31NO. The maximum absolute atomic E-state index is 6.31. The van der Waals surface area contributed by atoms with E-state index >= 15 is 0 Å². The molecule has 0 N–H and O–H groups in total. The summed E-state index contributed by atoms with van der Waals surface area (Å²) in [7, 11) is 0. The summed E-state index contributed by atoms with van der Waals surface area (Å²) in [6.07, 6.45) is 4.30. The second kappa shape index (κ2) is 10.9. The molecule has 1 aromatic heterocycles. The Morgan fingerprint density at radius 2 is 1.17 bits per heavy atom. The number of nitrogens with zero attached hydrogens (tertiary/aromatic N) is 1. The Labute approximate surface area is 268 Å². The third-order valence-corrected chi connectivity index (χ3v) is 9.38. The molecule has 9 rings (SSSR count). The molecule has 0 aliphatic heterocycles. The maximum atomic E-state index is 6.31. The highest BCUT2D eigenvalue weighted by Gasteiger charge is 2.24. The summed E-state index contributed by atoms with van der Waals surface area (Å²) in [6, 6.07) is 56.6. The van der Waals surface area contributed by atoms with Crippen molar-refractivity contribution in [2.75, 3.05) is 4.90 Å². The topological polar surface area (TPSA) is 16.4 Å². The number of furan rings is 1. The van der Waals surface area contributed by atoms with Gasteiger partial charge in [-0.25, -0.2) is 0 Å². The van der Waals surface area contributed by atoms with Crippen LogP contribution in [0, 0.1) is 0 Å². The van der Waals surface area contributed by atoms with Gasteiger partial charge in [-0.2, -0.15) is 0 Å². The summed E-state index contributed by atoms with van der Waals surface area (Å²) in [4.78, 5) is 2.48. The molecule has 8 aromatic rings. The van der Waals surface area contributed by atoms with Gasteiger partial charge in [0.2, 0.25) is 0 Å². The first-order chi connectivity index (χ1) is 22.8. The summed E-state index contributed by atoms with van der Waals surface area (Å²) >= 11 is 0. The first-order valence-corrected chi connectivity index (χ1v) is 16.0. The SMILES string of the molecule is C1=C(N(c2ccc(-c3ccccc3)cc2)c2ccccc2-c2cccc3ccccc23)CCc2ccc3oc4ccccc4c3c21. The van der Waals surface area contributed by atoms with Gasteiger partial charge in [-0.05, 0) is 87.8 Å². The van der Waals surface area contributed by atoms with Crippen molar-refractivity contribution in [2.24, 2.45) is 0 Å². The van der Waals surface area contributed by atoms with E-state index in [1.807, 2.05) is 6.07 Å². The Bertz CT molecular complexity index is 2410. The Morgan fingerprint density at radius 3 is 2.07 bits per heavy atom. The largest absolute Gasteiger partial charge is 0.456 e. The lowest BCUT2D eigenvalue weighted by Gasteiger charge is -2.32. The molecule has 2 nitrogen and oxygen atoms in total. The molecule has 7 aromatic carbocycles. The third-order valence-electron chi connectivity index (χ3n) is 9.38. The van der Waals surface area contributed by atoms with E-state index in [1.165, 1.54) is 66.3 Å². The second-order valence-electron chi connectivity index (χ2n) is 12.0. The minimum absolute atomic E-state index is 0.929. The number of rotatable bonds is 5. The summed E-state index contributed by atoms with van der Waals surface area (Å²) in [5.41, 5.74) is 13.0. The molecule has 1 aliphatic rings. The van der Waals surface area contributed by atoms with Crippen LogP contribution in [0.4, 0.5) is 11.4 Å². The number of hydrogen-bond donors (Lipinski definition) is 0. The molecule has 0 saturated carbocycles. The van der Waals surface area contributed by atoms with E-state index in [1.54, 1.807) is 0 Å². The number of fused-ring (bicyclic) bond motifs is 6. The molecule has 46 heavy (non-hydrogen) atoms. The Morgan fingerprint density at radius 1 is 0.478 bits per heavy atom. The molecule has 0 radical (unpaired) electrons. The Kier molecular flexibility index (Phi) is 6.31. The Balaban J connectivity index is 1.27. The van der Waals surface area contributed by atoms with E-state index in [2.05, 4.69) is 163 Å². The average molecular weight is 590 g/mol. The molecule has 1 aliphatic carbocycles. The predicted octanol–water partition coefficient (Wildman–Crippen LogP) is 12.2. The van der Waals surface area contributed by atoms with Gasteiger partial charge in [0.1, 0.15) is 11.2 Å².